The first-order chi connectivity index (χ1) is 8.16. The fourth-order valence-corrected chi connectivity index (χ4v) is 1.92. The zero-order valence-corrected chi connectivity index (χ0v) is 9.36. The number of nitrogens with one attached hydrogen (secondary N) is 1. The van der Waals surface area contributed by atoms with E-state index >= 15 is 0 Å². The molecule has 2 aromatic heterocycles. The molecule has 0 aromatic carbocycles. The van der Waals surface area contributed by atoms with E-state index in [0.717, 1.165) is 11.3 Å². The summed E-state index contributed by atoms with van der Waals surface area (Å²) in [5.74, 6) is -0.837. The first-order valence-electron chi connectivity index (χ1n) is 4.67. The van der Waals surface area contributed by atoms with Crippen molar-refractivity contribution in [1.82, 2.24) is 10.5 Å². The number of rotatable bonds is 4. The molecule has 0 spiro atoms. The monoisotopic (exact) mass is 252 g/mol. The van der Waals surface area contributed by atoms with Crippen LogP contribution in [0.4, 0.5) is 0 Å². The fourth-order valence-electron chi connectivity index (χ4n) is 1.16. The van der Waals surface area contributed by atoms with Crippen LogP contribution in [0.5, 0.6) is 0 Å². The summed E-state index contributed by atoms with van der Waals surface area (Å²) in [5, 5.41) is 14.8. The van der Waals surface area contributed by atoms with Gasteiger partial charge in [0.25, 0.3) is 5.91 Å². The molecule has 0 aliphatic heterocycles. The van der Waals surface area contributed by atoms with Crippen LogP contribution in [0.1, 0.15) is 25.1 Å². The molecule has 0 saturated heterocycles. The number of aromatic nitrogens is 1. The van der Waals surface area contributed by atoms with Crippen molar-refractivity contribution < 1.29 is 19.2 Å². The van der Waals surface area contributed by atoms with Gasteiger partial charge in [0.2, 0.25) is 0 Å². The third-order valence-electron chi connectivity index (χ3n) is 1.95. The Hall–Kier alpha value is -2.15. The maximum absolute atomic E-state index is 11.6. The van der Waals surface area contributed by atoms with Crippen molar-refractivity contribution in [2.24, 2.45) is 0 Å². The summed E-state index contributed by atoms with van der Waals surface area (Å²) in [6, 6.07) is 4.51. The molecular formula is C10H8N2O4S. The maximum Gasteiger partial charge on any atom is 0.345 e. The summed E-state index contributed by atoms with van der Waals surface area (Å²) >= 11 is 0.928. The first kappa shape index (κ1) is 11.3. The van der Waals surface area contributed by atoms with Crippen molar-refractivity contribution in [2.75, 3.05) is 0 Å². The predicted molar refractivity (Wildman–Crippen MR) is 59.0 cm³/mol. The highest BCUT2D eigenvalue weighted by Gasteiger charge is 2.12. The smallest absolute Gasteiger partial charge is 0.345 e. The summed E-state index contributed by atoms with van der Waals surface area (Å²) in [6.45, 7) is 0.221. The molecule has 2 aromatic rings. The first-order valence-corrected chi connectivity index (χ1v) is 5.49. The molecule has 2 heterocycles. The van der Waals surface area contributed by atoms with Gasteiger partial charge in [0.15, 0.2) is 5.76 Å². The van der Waals surface area contributed by atoms with Crippen LogP contribution in [-0.2, 0) is 6.54 Å². The highest BCUT2D eigenvalue weighted by atomic mass is 32.1. The van der Waals surface area contributed by atoms with E-state index in [-0.39, 0.29) is 17.3 Å². The number of hydrogen-bond acceptors (Lipinski definition) is 5. The van der Waals surface area contributed by atoms with Gasteiger partial charge in [-0.05, 0) is 12.1 Å². The molecule has 0 radical (unpaired) electrons. The van der Waals surface area contributed by atoms with Gasteiger partial charge in [0.05, 0.1) is 17.6 Å². The summed E-state index contributed by atoms with van der Waals surface area (Å²) in [5.41, 5.74) is 0. The molecule has 88 valence electrons. The lowest BCUT2D eigenvalue weighted by Crippen LogP contribution is -2.21. The maximum atomic E-state index is 11.6. The topological polar surface area (TPSA) is 92.4 Å². The molecule has 7 heteroatoms. The largest absolute Gasteiger partial charge is 0.477 e. The third-order valence-corrected chi connectivity index (χ3v) is 3.03. The predicted octanol–water partition coefficient (Wildman–Crippen LogP) is 1.36. The van der Waals surface area contributed by atoms with Crippen LogP contribution in [0.15, 0.2) is 28.9 Å². The molecule has 0 atom stereocenters. The Morgan fingerprint density at radius 1 is 1.35 bits per heavy atom. The zero-order chi connectivity index (χ0) is 12.3. The Kier molecular flexibility index (Phi) is 3.20. The van der Waals surface area contributed by atoms with E-state index in [1.54, 1.807) is 6.07 Å². The van der Waals surface area contributed by atoms with Gasteiger partial charge in [-0.25, -0.2) is 4.79 Å². The SMILES string of the molecule is O=C(O)c1ccc(C(=O)NCc2ccno2)s1. The van der Waals surface area contributed by atoms with Gasteiger partial charge < -0.3 is 14.9 Å². The van der Waals surface area contributed by atoms with E-state index in [9.17, 15) is 9.59 Å². The zero-order valence-electron chi connectivity index (χ0n) is 8.54. The van der Waals surface area contributed by atoms with Crippen LogP contribution in [0, 0.1) is 0 Å². The van der Waals surface area contributed by atoms with E-state index in [2.05, 4.69) is 10.5 Å². The lowest BCUT2D eigenvalue weighted by molar-refractivity contribution is 0.0702. The lowest BCUT2D eigenvalue weighted by Gasteiger charge is -1.99. The standard InChI is InChI=1S/C10H8N2O4S/c13-9(11-5-6-3-4-12-16-6)7-1-2-8(17-7)10(14)15/h1-4H,5H2,(H,11,13)(H,14,15). The van der Waals surface area contributed by atoms with E-state index in [0.29, 0.717) is 10.6 Å². The molecule has 0 unspecified atom stereocenters. The molecule has 0 aliphatic rings. The Labute approximate surface area is 99.9 Å². The number of carbonyl (C=O) groups excluding carboxylic acids is 1. The second-order valence-electron chi connectivity index (χ2n) is 3.13. The quantitative estimate of drug-likeness (QED) is 0.857. The number of hydrogen-bond donors (Lipinski definition) is 2. The summed E-state index contributed by atoms with van der Waals surface area (Å²) < 4.78 is 4.81. The average molecular weight is 252 g/mol. The van der Waals surface area contributed by atoms with Gasteiger partial charge in [-0.1, -0.05) is 5.16 Å². The van der Waals surface area contributed by atoms with E-state index in [1.807, 2.05) is 0 Å². The molecule has 0 aliphatic carbocycles. The summed E-state index contributed by atoms with van der Waals surface area (Å²) in [7, 11) is 0. The minimum atomic E-state index is -1.04. The number of carbonyl (C=O) groups is 2. The molecule has 17 heavy (non-hydrogen) atoms. The van der Waals surface area contributed by atoms with Crippen molar-refractivity contribution in [3.63, 3.8) is 0 Å². The summed E-state index contributed by atoms with van der Waals surface area (Å²) in [4.78, 5) is 22.7. The fraction of sp³-hybridized carbons (Fsp3) is 0.100. The van der Waals surface area contributed by atoms with Crippen LogP contribution in [-0.4, -0.2) is 22.1 Å². The number of nitrogens with zero attached hydrogens (tertiary/aromatic N) is 1. The number of thiophene rings is 1. The van der Waals surface area contributed by atoms with Crippen molar-refractivity contribution >= 4 is 23.2 Å². The number of amides is 1. The second-order valence-corrected chi connectivity index (χ2v) is 4.21. The van der Waals surface area contributed by atoms with Gasteiger partial charge in [-0.15, -0.1) is 11.3 Å². The van der Waals surface area contributed by atoms with Crippen molar-refractivity contribution in [3.8, 4) is 0 Å². The Morgan fingerprint density at radius 3 is 2.71 bits per heavy atom. The minimum absolute atomic E-state index is 0.134. The molecule has 0 fully saturated rings. The Bertz CT molecular complexity index is 532. The molecular weight excluding hydrogens is 244 g/mol. The molecule has 2 N–H and O–H groups in total. The van der Waals surface area contributed by atoms with Crippen molar-refractivity contribution in [2.45, 2.75) is 6.54 Å². The van der Waals surface area contributed by atoms with Crippen LogP contribution < -0.4 is 5.32 Å². The molecule has 0 bridgehead atoms. The molecule has 2 rings (SSSR count). The Morgan fingerprint density at radius 2 is 2.12 bits per heavy atom. The normalized spacial score (nSPS) is 10.1. The van der Waals surface area contributed by atoms with Crippen LogP contribution in [0.25, 0.3) is 0 Å². The van der Waals surface area contributed by atoms with Crippen molar-refractivity contribution in [3.05, 3.63) is 39.9 Å². The van der Waals surface area contributed by atoms with Gasteiger partial charge in [-0.2, -0.15) is 0 Å². The van der Waals surface area contributed by atoms with Crippen LogP contribution in [0.2, 0.25) is 0 Å². The third kappa shape index (κ3) is 2.70. The van der Waals surface area contributed by atoms with E-state index in [4.69, 9.17) is 9.63 Å². The van der Waals surface area contributed by atoms with Crippen molar-refractivity contribution in [1.29, 1.82) is 0 Å². The molecule has 6 nitrogen and oxygen atoms in total. The molecule has 0 saturated carbocycles. The van der Waals surface area contributed by atoms with E-state index in [1.165, 1.54) is 18.3 Å². The number of aromatic carboxylic acids is 1. The number of carboxylic acid groups (broad SMARTS) is 1. The van der Waals surface area contributed by atoms with E-state index < -0.39 is 5.97 Å². The summed E-state index contributed by atoms with van der Waals surface area (Å²) in [6.07, 6.45) is 1.48. The van der Waals surface area contributed by atoms with Gasteiger partial charge in [-0.3, -0.25) is 4.79 Å². The minimum Gasteiger partial charge on any atom is -0.477 e. The lowest BCUT2D eigenvalue weighted by atomic mass is 10.4. The highest BCUT2D eigenvalue weighted by Crippen LogP contribution is 2.16. The Balaban J connectivity index is 1.97. The van der Waals surface area contributed by atoms with Gasteiger partial charge >= 0.3 is 5.97 Å². The second kappa shape index (κ2) is 4.79. The number of carboxylic acids is 1. The van der Waals surface area contributed by atoms with Crippen LogP contribution >= 0.6 is 11.3 Å². The van der Waals surface area contributed by atoms with Crippen LogP contribution in [0.3, 0.4) is 0 Å². The average Bonchev–Trinajstić information content (AvgIpc) is 2.96. The van der Waals surface area contributed by atoms with Gasteiger partial charge in [0, 0.05) is 6.07 Å². The highest BCUT2D eigenvalue weighted by molar-refractivity contribution is 7.15. The molecule has 1 amide bonds. The van der Waals surface area contributed by atoms with Gasteiger partial charge in [0.1, 0.15) is 4.88 Å².